The van der Waals surface area contributed by atoms with Gasteiger partial charge in [0.15, 0.2) is 11.5 Å². The van der Waals surface area contributed by atoms with Gasteiger partial charge >= 0.3 is 0 Å². The zero-order valence-electron chi connectivity index (χ0n) is 15.6. The Morgan fingerprint density at radius 2 is 1.93 bits per heavy atom. The Labute approximate surface area is 173 Å². The molecule has 3 aromatic carbocycles. The van der Waals surface area contributed by atoms with E-state index in [4.69, 9.17) is 21.1 Å². The number of carbonyl (C=O) groups excluding carboxylic acids is 1. The Hall–Kier alpha value is -3.51. The third kappa shape index (κ3) is 5.49. The highest BCUT2D eigenvalue weighted by molar-refractivity contribution is 6.31. The predicted molar refractivity (Wildman–Crippen MR) is 112 cm³/mol. The third-order valence-electron chi connectivity index (χ3n) is 4.02. The van der Waals surface area contributed by atoms with Crippen molar-refractivity contribution in [1.82, 2.24) is 5.43 Å². The van der Waals surface area contributed by atoms with Crippen molar-refractivity contribution in [2.45, 2.75) is 6.61 Å². The number of halogens is 1. The number of ether oxygens (including phenoxy) is 2. The molecule has 0 aliphatic carbocycles. The van der Waals surface area contributed by atoms with Crippen LogP contribution in [-0.2, 0) is 6.61 Å². The summed E-state index contributed by atoms with van der Waals surface area (Å²) in [6.07, 6.45) is 1.49. The first-order chi connectivity index (χ1) is 14.1. The van der Waals surface area contributed by atoms with Gasteiger partial charge in [-0.1, -0.05) is 35.9 Å². The number of hydrogen-bond acceptors (Lipinski definition) is 5. The zero-order valence-corrected chi connectivity index (χ0v) is 16.4. The summed E-state index contributed by atoms with van der Waals surface area (Å²) in [6.45, 7) is 0.309. The topological polar surface area (TPSA) is 80.2 Å². The Kier molecular flexibility index (Phi) is 6.71. The van der Waals surface area contributed by atoms with Crippen LogP contribution in [-0.4, -0.2) is 24.3 Å². The standard InChI is InChI=1S/C22H19ClN2O4/c1-28-21-11-15(13-24-25-22(27)16-6-4-7-18(26)12-16)9-10-20(21)29-14-17-5-2-3-8-19(17)23/h2-13,26H,14H2,1H3,(H,25,27)/b24-13-. The summed E-state index contributed by atoms with van der Waals surface area (Å²) in [6, 6.07) is 18.8. The molecule has 0 aromatic heterocycles. The lowest BCUT2D eigenvalue weighted by Crippen LogP contribution is -2.17. The van der Waals surface area contributed by atoms with E-state index >= 15 is 0 Å². The fraction of sp³-hybridized carbons (Fsp3) is 0.0909. The molecule has 29 heavy (non-hydrogen) atoms. The van der Waals surface area contributed by atoms with Gasteiger partial charge in [0.05, 0.1) is 13.3 Å². The number of hydrazone groups is 1. The molecule has 0 saturated carbocycles. The summed E-state index contributed by atoms with van der Waals surface area (Å²) in [5.41, 5.74) is 4.30. The largest absolute Gasteiger partial charge is 0.508 e. The minimum Gasteiger partial charge on any atom is -0.508 e. The fourth-order valence-corrected chi connectivity index (χ4v) is 2.72. The molecule has 0 bridgehead atoms. The maximum atomic E-state index is 12.0. The van der Waals surface area contributed by atoms with E-state index in [-0.39, 0.29) is 5.75 Å². The van der Waals surface area contributed by atoms with E-state index in [1.54, 1.807) is 37.4 Å². The average molecular weight is 411 g/mol. The van der Waals surface area contributed by atoms with E-state index in [0.29, 0.717) is 34.3 Å². The van der Waals surface area contributed by atoms with Crippen molar-refractivity contribution in [2.75, 3.05) is 7.11 Å². The summed E-state index contributed by atoms with van der Waals surface area (Å²) in [4.78, 5) is 12.0. The summed E-state index contributed by atoms with van der Waals surface area (Å²) in [5, 5.41) is 14.0. The van der Waals surface area contributed by atoms with Gasteiger partial charge in [0.2, 0.25) is 0 Å². The Morgan fingerprint density at radius 3 is 2.69 bits per heavy atom. The zero-order chi connectivity index (χ0) is 20.6. The average Bonchev–Trinajstić information content (AvgIpc) is 2.73. The van der Waals surface area contributed by atoms with Crippen molar-refractivity contribution in [2.24, 2.45) is 5.10 Å². The number of carbonyl (C=O) groups is 1. The molecule has 148 valence electrons. The summed E-state index contributed by atoms with van der Waals surface area (Å²) < 4.78 is 11.2. The smallest absolute Gasteiger partial charge is 0.271 e. The van der Waals surface area contributed by atoms with Gasteiger partial charge in [0, 0.05) is 16.1 Å². The maximum absolute atomic E-state index is 12.0. The SMILES string of the molecule is COc1cc(/C=N\NC(=O)c2cccc(O)c2)ccc1OCc1ccccc1Cl. The molecule has 0 unspecified atom stereocenters. The lowest BCUT2D eigenvalue weighted by molar-refractivity contribution is 0.0954. The molecule has 0 atom stereocenters. The number of amides is 1. The van der Waals surface area contributed by atoms with E-state index in [0.717, 1.165) is 5.56 Å². The van der Waals surface area contributed by atoms with Crippen LogP contribution in [0.15, 0.2) is 71.8 Å². The summed E-state index contributed by atoms with van der Waals surface area (Å²) in [5.74, 6) is 0.677. The van der Waals surface area contributed by atoms with E-state index in [2.05, 4.69) is 10.5 Å². The van der Waals surface area contributed by atoms with Crippen molar-refractivity contribution in [3.8, 4) is 17.2 Å². The molecule has 6 nitrogen and oxygen atoms in total. The Bertz CT molecular complexity index is 1040. The molecule has 3 rings (SSSR count). The molecule has 3 aromatic rings. The van der Waals surface area contributed by atoms with Gasteiger partial charge in [-0.2, -0.15) is 5.10 Å². The molecule has 0 spiro atoms. The lowest BCUT2D eigenvalue weighted by atomic mass is 10.2. The van der Waals surface area contributed by atoms with Gasteiger partial charge in [0.25, 0.3) is 5.91 Å². The highest BCUT2D eigenvalue weighted by Gasteiger charge is 2.08. The predicted octanol–water partition coefficient (Wildman–Crippen LogP) is 4.40. The molecule has 2 N–H and O–H groups in total. The van der Waals surface area contributed by atoms with Crippen LogP contribution in [0.5, 0.6) is 17.2 Å². The fourth-order valence-electron chi connectivity index (χ4n) is 2.53. The third-order valence-corrected chi connectivity index (χ3v) is 4.39. The second-order valence-corrected chi connectivity index (χ2v) is 6.45. The molecule has 0 aliphatic heterocycles. The minimum atomic E-state index is -0.427. The summed E-state index contributed by atoms with van der Waals surface area (Å²) >= 11 is 6.15. The lowest BCUT2D eigenvalue weighted by Gasteiger charge is -2.12. The van der Waals surface area contributed by atoms with Gasteiger partial charge in [0.1, 0.15) is 12.4 Å². The number of phenolic OH excluding ortho intramolecular Hbond substituents is 1. The molecule has 0 heterocycles. The molecule has 0 fully saturated rings. The van der Waals surface area contributed by atoms with Gasteiger partial charge in [-0.25, -0.2) is 5.43 Å². The molecule has 0 saturated heterocycles. The first-order valence-corrected chi connectivity index (χ1v) is 9.11. The van der Waals surface area contributed by atoms with Gasteiger partial charge in [-0.15, -0.1) is 0 Å². The van der Waals surface area contributed by atoms with E-state index in [9.17, 15) is 9.90 Å². The van der Waals surface area contributed by atoms with Crippen LogP contribution in [0.1, 0.15) is 21.5 Å². The maximum Gasteiger partial charge on any atom is 0.271 e. The molecule has 1 amide bonds. The van der Waals surface area contributed by atoms with Crippen LogP contribution in [0.25, 0.3) is 0 Å². The van der Waals surface area contributed by atoms with E-state index < -0.39 is 5.91 Å². The molecular weight excluding hydrogens is 392 g/mol. The number of nitrogens with one attached hydrogen (secondary N) is 1. The van der Waals surface area contributed by atoms with Crippen molar-refractivity contribution < 1.29 is 19.4 Å². The van der Waals surface area contributed by atoms with Crippen LogP contribution < -0.4 is 14.9 Å². The highest BCUT2D eigenvalue weighted by Crippen LogP contribution is 2.29. The van der Waals surface area contributed by atoms with Crippen molar-refractivity contribution >= 4 is 23.7 Å². The second kappa shape index (κ2) is 9.61. The number of rotatable bonds is 7. The van der Waals surface area contributed by atoms with Crippen molar-refractivity contribution in [3.63, 3.8) is 0 Å². The quantitative estimate of drug-likeness (QED) is 0.447. The van der Waals surface area contributed by atoms with Crippen LogP contribution in [0.2, 0.25) is 5.02 Å². The van der Waals surface area contributed by atoms with Gasteiger partial charge < -0.3 is 14.6 Å². The first-order valence-electron chi connectivity index (χ1n) is 8.73. The Morgan fingerprint density at radius 1 is 1.10 bits per heavy atom. The number of phenols is 1. The van der Waals surface area contributed by atoms with Crippen molar-refractivity contribution in [1.29, 1.82) is 0 Å². The number of benzene rings is 3. The van der Waals surface area contributed by atoms with Crippen LogP contribution in [0.4, 0.5) is 0 Å². The van der Waals surface area contributed by atoms with Crippen LogP contribution >= 0.6 is 11.6 Å². The van der Waals surface area contributed by atoms with Gasteiger partial charge in [-0.05, 0) is 48.0 Å². The van der Waals surface area contributed by atoms with Crippen LogP contribution in [0.3, 0.4) is 0 Å². The van der Waals surface area contributed by atoms with Crippen LogP contribution in [0, 0.1) is 0 Å². The number of methoxy groups -OCH3 is 1. The molecule has 0 radical (unpaired) electrons. The first kappa shape index (κ1) is 20.2. The minimum absolute atomic E-state index is 0.0127. The van der Waals surface area contributed by atoms with E-state index in [1.165, 1.54) is 18.3 Å². The second-order valence-electron chi connectivity index (χ2n) is 6.04. The number of nitrogens with zero attached hydrogens (tertiary/aromatic N) is 1. The molecule has 0 aliphatic rings. The van der Waals surface area contributed by atoms with Gasteiger partial charge in [-0.3, -0.25) is 4.79 Å². The van der Waals surface area contributed by atoms with Crippen molar-refractivity contribution in [3.05, 3.63) is 88.4 Å². The monoisotopic (exact) mass is 410 g/mol. The number of hydrogen-bond donors (Lipinski definition) is 2. The normalized spacial score (nSPS) is 10.7. The summed E-state index contributed by atoms with van der Waals surface area (Å²) in [7, 11) is 1.54. The van der Waals surface area contributed by atoms with E-state index in [1.807, 2.05) is 24.3 Å². The molecule has 7 heteroatoms. The Balaban J connectivity index is 1.64. The number of aromatic hydroxyl groups is 1. The molecular formula is C22H19ClN2O4. The highest BCUT2D eigenvalue weighted by atomic mass is 35.5.